The van der Waals surface area contributed by atoms with E-state index >= 15 is 0 Å². The zero-order chi connectivity index (χ0) is 19.0. The van der Waals surface area contributed by atoms with Crippen molar-refractivity contribution in [3.05, 3.63) is 12.7 Å². The molecule has 5 atom stereocenters. The molecule has 1 saturated heterocycles. The Balaban J connectivity index is 2.92. The van der Waals surface area contributed by atoms with Gasteiger partial charge in [0.2, 0.25) is 0 Å². The molecular weight excluding hydrogens is 336 g/mol. The molecule has 0 amide bonds. The van der Waals surface area contributed by atoms with Crippen LogP contribution in [0.5, 0.6) is 0 Å². The number of aliphatic hydroxyl groups is 1. The molecule has 0 aromatic heterocycles. The van der Waals surface area contributed by atoms with E-state index in [0.29, 0.717) is 6.42 Å². The highest BCUT2D eigenvalue weighted by Gasteiger charge is 2.47. The van der Waals surface area contributed by atoms with Crippen molar-refractivity contribution >= 4 is 17.9 Å². The Morgan fingerprint density at radius 1 is 1.12 bits per heavy atom. The predicted molar refractivity (Wildman–Crippen MR) is 83.2 cm³/mol. The normalized spacial score (nSPS) is 27.0. The summed E-state index contributed by atoms with van der Waals surface area (Å²) >= 11 is 0. The lowest BCUT2D eigenvalue weighted by atomic mass is 10.0. The van der Waals surface area contributed by atoms with Gasteiger partial charge >= 0.3 is 17.9 Å². The van der Waals surface area contributed by atoms with Crippen LogP contribution in [0.15, 0.2) is 12.7 Å². The molecule has 1 rings (SSSR count). The fourth-order valence-electron chi connectivity index (χ4n) is 2.32. The van der Waals surface area contributed by atoms with Crippen molar-refractivity contribution in [1.82, 2.24) is 0 Å². The monoisotopic (exact) mass is 360 g/mol. The molecule has 9 heteroatoms. The predicted octanol–water partition coefficient (Wildman–Crippen LogP) is 0.0914. The first-order valence-electron chi connectivity index (χ1n) is 7.78. The zero-order valence-corrected chi connectivity index (χ0v) is 14.5. The molecule has 0 saturated carbocycles. The summed E-state index contributed by atoms with van der Waals surface area (Å²) in [6.45, 7) is 6.81. The molecule has 0 spiro atoms. The molecule has 0 radical (unpaired) electrons. The summed E-state index contributed by atoms with van der Waals surface area (Å²) < 4.78 is 26.3. The topological polar surface area (TPSA) is 118 Å². The number of aliphatic hydroxyl groups excluding tert-OH is 1. The lowest BCUT2D eigenvalue weighted by Gasteiger charge is -2.40. The SMILES string of the molecule is C=CCC(O)CO[C@H]1OC[C@@H](OC(C)=O)[C@H](OC(C)=O)[C@H]1OC(C)=O. The summed E-state index contributed by atoms with van der Waals surface area (Å²) in [6, 6.07) is 0. The Kier molecular flexibility index (Phi) is 8.53. The van der Waals surface area contributed by atoms with Crippen LogP contribution in [-0.2, 0) is 38.1 Å². The molecule has 1 unspecified atom stereocenters. The summed E-state index contributed by atoms with van der Waals surface area (Å²) in [5.74, 6) is -1.91. The van der Waals surface area contributed by atoms with Crippen LogP contribution < -0.4 is 0 Å². The van der Waals surface area contributed by atoms with Crippen LogP contribution in [-0.4, -0.2) is 66.9 Å². The number of hydrogen-bond donors (Lipinski definition) is 1. The third kappa shape index (κ3) is 7.20. The van der Waals surface area contributed by atoms with Crippen molar-refractivity contribution in [1.29, 1.82) is 0 Å². The molecular formula is C16H24O9. The summed E-state index contributed by atoms with van der Waals surface area (Å²) in [5, 5.41) is 9.72. The molecule has 0 aromatic rings. The Morgan fingerprint density at radius 3 is 2.20 bits per heavy atom. The third-order valence-corrected chi connectivity index (χ3v) is 3.20. The van der Waals surface area contributed by atoms with Gasteiger partial charge in [0.1, 0.15) is 0 Å². The fourth-order valence-corrected chi connectivity index (χ4v) is 2.32. The molecule has 0 aromatic carbocycles. The van der Waals surface area contributed by atoms with Gasteiger partial charge in [0.05, 0.1) is 19.3 Å². The maximum absolute atomic E-state index is 11.4. The smallest absolute Gasteiger partial charge is 0.303 e. The number of rotatable bonds is 8. The third-order valence-electron chi connectivity index (χ3n) is 3.20. The lowest BCUT2D eigenvalue weighted by molar-refractivity contribution is -0.284. The minimum Gasteiger partial charge on any atom is -0.456 e. The summed E-state index contributed by atoms with van der Waals surface area (Å²) in [5.41, 5.74) is 0. The van der Waals surface area contributed by atoms with E-state index in [4.69, 9.17) is 23.7 Å². The second-order valence-corrected chi connectivity index (χ2v) is 5.51. The Hall–Kier alpha value is -1.97. The van der Waals surface area contributed by atoms with E-state index in [1.54, 1.807) is 0 Å². The van der Waals surface area contributed by atoms with Crippen molar-refractivity contribution in [3.63, 3.8) is 0 Å². The van der Waals surface area contributed by atoms with E-state index in [0.717, 1.165) is 0 Å². The van der Waals surface area contributed by atoms with Crippen LogP contribution in [0, 0.1) is 0 Å². The van der Waals surface area contributed by atoms with Crippen molar-refractivity contribution in [2.45, 2.75) is 57.9 Å². The van der Waals surface area contributed by atoms with Crippen LogP contribution in [0.1, 0.15) is 27.2 Å². The molecule has 1 fully saturated rings. The summed E-state index contributed by atoms with van der Waals surface area (Å²) in [7, 11) is 0. The Labute approximate surface area is 145 Å². The summed E-state index contributed by atoms with van der Waals surface area (Å²) in [4.78, 5) is 34.1. The standard InChI is InChI=1S/C16H24O9/c1-5-6-12(20)7-21-16-15(25-11(4)19)14(24-10(3)18)13(8-22-16)23-9(2)17/h5,12-16,20H,1,6-8H2,2-4H3/t12?,13-,14+,15-,16+/m1/s1. The quantitative estimate of drug-likeness (QED) is 0.365. The molecule has 0 bridgehead atoms. The zero-order valence-electron chi connectivity index (χ0n) is 14.5. The van der Waals surface area contributed by atoms with Gasteiger partial charge < -0.3 is 28.8 Å². The molecule has 1 N–H and O–H groups in total. The first-order valence-corrected chi connectivity index (χ1v) is 7.78. The first kappa shape index (κ1) is 21.1. The van der Waals surface area contributed by atoms with Crippen molar-refractivity contribution < 1.29 is 43.2 Å². The van der Waals surface area contributed by atoms with Gasteiger partial charge in [-0.15, -0.1) is 6.58 Å². The van der Waals surface area contributed by atoms with Gasteiger partial charge in [0.25, 0.3) is 0 Å². The highest BCUT2D eigenvalue weighted by molar-refractivity contribution is 5.68. The van der Waals surface area contributed by atoms with Crippen molar-refractivity contribution in [3.8, 4) is 0 Å². The highest BCUT2D eigenvalue weighted by atomic mass is 16.7. The average molecular weight is 360 g/mol. The Bertz CT molecular complexity index is 490. The van der Waals surface area contributed by atoms with E-state index in [1.807, 2.05) is 0 Å². The van der Waals surface area contributed by atoms with Gasteiger partial charge in [-0.1, -0.05) is 6.08 Å². The number of carbonyl (C=O) groups excluding carboxylic acids is 3. The molecule has 9 nitrogen and oxygen atoms in total. The van der Waals surface area contributed by atoms with Crippen LogP contribution in [0.4, 0.5) is 0 Å². The van der Waals surface area contributed by atoms with Crippen LogP contribution >= 0.6 is 0 Å². The van der Waals surface area contributed by atoms with E-state index in [-0.39, 0.29) is 13.2 Å². The van der Waals surface area contributed by atoms with Crippen LogP contribution in [0.2, 0.25) is 0 Å². The molecule has 25 heavy (non-hydrogen) atoms. The minimum atomic E-state index is -1.16. The highest BCUT2D eigenvalue weighted by Crippen LogP contribution is 2.25. The Morgan fingerprint density at radius 2 is 1.68 bits per heavy atom. The van der Waals surface area contributed by atoms with Gasteiger partial charge in [0, 0.05) is 20.8 Å². The van der Waals surface area contributed by atoms with Gasteiger partial charge in [0.15, 0.2) is 24.6 Å². The van der Waals surface area contributed by atoms with Crippen molar-refractivity contribution in [2.75, 3.05) is 13.2 Å². The van der Waals surface area contributed by atoms with Crippen molar-refractivity contribution in [2.24, 2.45) is 0 Å². The largest absolute Gasteiger partial charge is 0.456 e. The minimum absolute atomic E-state index is 0.112. The fraction of sp³-hybridized carbons (Fsp3) is 0.688. The van der Waals surface area contributed by atoms with Gasteiger partial charge in [-0.05, 0) is 6.42 Å². The number of esters is 3. The molecule has 142 valence electrons. The number of carbonyl (C=O) groups is 3. The number of hydrogen-bond acceptors (Lipinski definition) is 9. The second kappa shape index (κ2) is 10.1. The van der Waals surface area contributed by atoms with Crippen LogP contribution in [0.25, 0.3) is 0 Å². The summed E-state index contributed by atoms with van der Waals surface area (Å²) in [6.07, 6.45) is -3.30. The van der Waals surface area contributed by atoms with Gasteiger partial charge in [-0.3, -0.25) is 14.4 Å². The van der Waals surface area contributed by atoms with E-state index in [2.05, 4.69) is 6.58 Å². The molecule has 1 heterocycles. The molecule has 0 aliphatic carbocycles. The maximum atomic E-state index is 11.4. The van der Waals surface area contributed by atoms with E-state index < -0.39 is 48.6 Å². The van der Waals surface area contributed by atoms with Crippen LogP contribution in [0.3, 0.4) is 0 Å². The molecule has 1 aliphatic heterocycles. The molecule has 1 aliphatic rings. The van der Waals surface area contributed by atoms with Gasteiger partial charge in [-0.25, -0.2) is 0 Å². The van der Waals surface area contributed by atoms with E-state index in [9.17, 15) is 19.5 Å². The number of ether oxygens (including phenoxy) is 5. The first-order chi connectivity index (χ1) is 11.7. The van der Waals surface area contributed by atoms with E-state index in [1.165, 1.54) is 26.8 Å². The maximum Gasteiger partial charge on any atom is 0.303 e. The second-order valence-electron chi connectivity index (χ2n) is 5.51. The lowest BCUT2D eigenvalue weighted by Crippen LogP contribution is -2.58. The van der Waals surface area contributed by atoms with Gasteiger partial charge in [-0.2, -0.15) is 0 Å². The average Bonchev–Trinajstić information content (AvgIpc) is 2.48.